The van der Waals surface area contributed by atoms with Gasteiger partial charge in [-0.2, -0.15) is 0 Å². The van der Waals surface area contributed by atoms with Crippen molar-refractivity contribution in [3.8, 4) is 0 Å². The average molecular weight is 530 g/mol. The number of thiophene rings is 1. The van der Waals surface area contributed by atoms with Crippen molar-refractivity contribution >= 4 is 45.2 Å². The van der Waals surface area contributed by atoms with Gasteiger partial charge in [0.2, 0.25) is 0 Å². The van der Waals surface area contributed by atoms with Crippen LogP contribution in [0.5, 0.6) is 0 Å². The molecule has 1 N–H and O–H groups in total. The fourth-order valence-electron chi connectivity index (χ4n) is 4.87. The van der Waals surface area contributed by atoms with Gasteiger partial charge in [0, 0.05) is 17.3 Å². The van der Waals surface area contributed by atoms with Crippen LogP contribution in [0.1, 0.15) is 62.4 Å². The molecular formula is C29H27N3O5S. The number of hydrogen-bond donors (Lipinski definition) is 1. The lowest BCUT2D eigenvalue weighted by Crippen LogP contribution is -2.32. The first-order chi connectivity index (χ1) is 18.5. The molecule has 1 aliphatic rings. The van der Waals surface area contributed by atoms with Crippen LogP contribution < -0.4 is 5.32 Å². The number of hydrogen-bond acceptors (Lipinski definition) is 8. The summed E-state index contributed by atoms with van der Waals surface area (Å²) in [6, 6.07) is 15.3. The normalized spacial score (nSPS) is 15.4. The van der Waals surface area contributed by atoms with Crippen LogP contribution in [0.2, 0.25) is 0 Å². The van der Waals surface area contributed by atoms with Crippen molar-refractivity contribution in [1.82, 2.24) is 9.97 Å². The number of para-hydroxylation sites is 1. The number of nitrogens with zero attached hydrogens (tertiary/aromatic N) is 2. The number of amides is 1. The molecule has 1 amide bonds. The second kappa shape index (κ2) is 11.1. The summed E-state index contributed by atoms with van der Waals surface area (Å²) in [5, 5.41) is 3.28. The van der Waals surface area contributed by atoms with Crippen LogP contribution in [0, 0.1) is 0 Å². The van der Waals surface area contributed by atoms with Gasteiger partial charge in [-0.3, -0.25) is 14.8 Å². The molecular weight excluding hydrogens is 502 g/mol. The third kappa shape index (κ3) is 5.02. The topological polar surface area (TPSA) is 107 Å². The Kier molecular flexibility index (Phi) is 7.46. The highest BCUT2D eigenvalue weighted by atomic mass is 32.1. The molecule has 9 heteroatoms. The van der Waals surface area contributed by atoms with Crippen LogP contribution in [0.4, 0.5) is 5.00 Å². The van der Waals surface area contributed by atoms with Gasteiger partial charge in [-0.25, -0.2) is 9.59 Å². The Morgan fingerprint density at radius 3 is 2.61 bits per heavy atom. The van der Waals surface area contributed by atoms with E-state index in [1.54, 1.807) is 31.3 Å². The lowest BCUT2D eigenvalue weighted by Gasteiger charge is -2.22. The Balaban J connectivity index is 1.37. The van der Waals surface area contributed by atoms with Crippen LogP contribution in [0.15, 0.2) is 60.9 Å². The first kappa shape index (κ1) is 25.5. The van der Waals surface area contributed by atoms with Crippen molar-refractivity contribution < 1.29 is 23.9 Å². The molecule has 0 fully saturated rings. The van der Waals surface area contributed by atoms with Crippen molar-refractivity contribution in [2.45, 2.75) is 44.6 Å². The van der Waals surface area contributed by atoms with Crippen LogP contribution in [-0.4, -0.2) is 41.0 Å². The van der Waals surface area contributed by atoms with E-state index in [9.17, 15) is 14.4 Å². The number of aromatic nitrogens is 2. The van der Waals surface area contributed by atoms with Gasteiger partial charge in [-0.05, 0) is 54.9 Å². The summed E-state index contributed by atoms with van der Waals surface area (Å²) in [5.41, 5.74) is 3.76. The Labute approximate surface area is 224 Å². The smallest absolute Gasteiger partial charge is 0.341 e. The zero-order valence-electron chi connectivity index (χ0n) is 21.1. The minimum atomic E-state index is -1.06. The molecule has 0 radical (unpaired) electrons. The molecule has 5 rings (SSSR count). The van der Waals surface area contributed by atoms with Gasteiger partial charge < -0.3 is 14.8 Å². The van der Waals surface area contributed by atoms with Gasteiger partial charge in [0.25, 0.3) is 5.91 Å². The quantitative estimate of drug-likeness (QED) is 0.323. The Morgan fingerprint density at radius 1 is 1.05 bits per heavy atom. The second-order valence-electron chi connectivity index (χ2n) is 9.07. The Hall–Kier alpha value is -4.11. The first-order valence-electron chi connectivity index (χ1n) is 12.5. The van der Waals surface area contributed by atoms with Crippen LogP contribution in [0.3, 0.4) is 0 Å². The van der Waals surface area contributed by atoms with Crippen molar-refractivity contribution in [3.05, 3.63) is 88.1 Å². The van der Waals surface area contributed by atoms with E-state index < -0.39 is 23.9 Å². The molecule has 2 aromatic carbocycles. The number of ether oxygens (including phenoxy) is 2. The van der Waals surface area contributed by atoms with E-state index in [4.69, 9.17) is 9.47 Å². The van der Waals surface area contributed by atoms with E-state index in [0.29, 0.717) is 33.9 Å². The molecule has 2 unspecified atom stereocenters. The van der Waals surface area contributed by atoms with Crippen LogP contribution in [0.25, 0.3) is 11.0 Å². The van der Waals surface area contributed by atoms with Crippen molar-refractivity contribution in [1.29, 1.82) is 0 Å². The van der Waals surface area contributed by atoms with Crippen LogP contribution in [-0.2, 0) is 27.1 Å². The van der Waals surface area contributed by atoms with Crippen LogP contribution >= 0.6 is 11.3 Å². The van der Waals surface area contributed by atoms with E-state index in [-0.39, 0.29) is 12.0 Å². The van der Waals surface area contributed by atoms with E-state index in [2.05, 4.69) is 27.4 Å². The summed E-state index contributed by atoms with van der Waals surface area (Å²) in [5.74, 6) is -1.32. The zero-order chi connectivity index (χ0) is 26.6. The third-order valence-electron chi connectivity index (χ3n) is 6.79. The zero-order valence-corrected chi connectivity index (χ0v) is 21.9. The minimum Gasteiger partial charge on any atom is -0.465 e. The lowest BCUT2D eigenvalue weighted by atomic mass is 9.83. The summed E-state index contributed by atoms with van der Waals surface area (Å²) in [6.45, 7) is 1.76. The summed E-state index contributed by atoms with van der Waals surface area (Å²) >= 11 is 1.39. The molecule has 0 bridgehead atoms. The molecule has 194 valence electrons. The molecule has 2 aromatic heterocycles. The van der Waals surface area contributed by atoms with Gasteiger partial charge in [0.05, 0.1) is 23.8 Å². The monoisotopic (exact) mass is 529 g/mol. The second-order valence-corrected chi connectivity index (χ2v) is 10.2. The molecule has 0 aliphatic heterocycles. The summed E-state index contributed by atoms with van der Waals surface area (Å²) in [7, 11) is 1.33. The molecule has 2 heterocycles. The molecule has 0 saturated carbocycles. The molecule has 0 saturated heterocycles. The van der Waals surface area contributed by atoms with E-state index >= 15 is 0 Å². The van der Waals surface area contributed by atoms with E-state index in [1.807, 2.05) is 18.2 Å². The minimum absolute atomic E-state index is 0.232. The maximum Gasteiger partial charge on any atom is 0.341 e. The largest absolute Gasteiger partial charge is 0.465 e. The molecule has 2 atom stereocenters. The number of rotatable bonds is 7. The number of nitrogens with one attached hydrogen (secondary N) is 1. The number of benzene rings is 2. The van der Waals surface area contributed by atoms with E-state index in [0.717, 1.165) is 23.3 Å². The Morgan fingerprint density at radius 2 is 1.84 bits per heavy atom. The van der Waals surface area contributed by atoms with Crippen molar-refractivity contribution in [3.63, 3.8) is 0 Å². The molecule has 0 spiro atoms. The van der Waals surface area contributed by atoms with Gasteiger partial charge in [-0.1, -0.05) is 43.3 Å². The fraction of sp³-hybridized carbons (Fsp3) is 0.276. The number of anilines is 1. The third-order valence-corrected chi connectivity index (χ3v) is 7.96. The lowest BCUT2D eigenvalue weighted by molar-refractivity contribution is -0.124. The molecule has 1 aliphatic carbocycles. The summed E-state index contributed by atoms with van der Waals surface area (Å²) < 4.78 is 10.7. The number of fused-ring (bicyclic) bond motifs is 2. The highest BCUT2D eigenvalue weighted by Crippen LogP contribution is 2.43. The van der Waals surface area contributed by atoms with Gasteiger partial charge >= 0.3 is 11.9 Å². The maximum atomic E-state index is 13.3. The predicted molar refractivity (Wildman–Crippen MR) is 145 cm³/mol. The maximum absolute atomic E-state index is 13.3. The standard InChI is InChI=1S/C29H27N3O5S/c1-3-22(37-28(34)20-10-7-11-21-25(20)31-15-14-30-21)26(33)32-27-24(29(35)36-2)19-13-12-18(16-23(19)38-27)17-8-5-4-6-9-17/h4-11,14-15,18,22H,3,12-13,16H2,1-2H3,(H,32,33). The number of esters is 2. The molecule has 8 nitrogen and oxygen atoms in total. The molecule has 38 heavy (non-hydrogen) atoms. The predicted octanol–water partition coefficient (Wildman–Crippen LogP) is 5.32. The van der Waals surface area contributed by atoms with Gasteiger partial charge in [0.1, 0.15) is 10.5 Å². The summed E-state index contributed by atoms with van der Waals surface area (Å²) in [6.07, 6.45) is 4.62. The SMILES string of the molecule is CCC(OC(=O)c1cccc2nccnc12)C(=O)Nc1sc2c(c1C(=O)OC)CCC(c1ccccc1)C2. The average Bonchev–Trinajstić information content (AvgIpc) is 3.32. The fourth-order valence-corrected chi connectivity index (χ4v) is 6.18. The number of carbonyl (C=O) groups excluding carboxylic acids is 3. The number of carbonyl (C=O) groups is 3. The first-order valence-corrected chi connectivity index (χ1v) is 13.3. The highest BCUT2D eigenvalue weighted by molar-refractivity contribution is 7.17. The Bertz CT molecular complexity index is 1500. The van der Waals surface area contributed by atoms with Gasteiger partial charge in [0.15, 0.2) is 6.10 Å². The van der Waals surface area contributed by atoms with Crippen molar-refractivity contribution in [2.24, 2.45) is 0 Å². The van der Waals surface area contributed by atoms with Crippen molar-refractivity contribution in [2.75, 3.05) is 12.4 Å². The molecule has 4 aromatic rings. The summed E-state index contributed by atoms with van der Waals surface area (Å²) in [4.78, 5) is 48.5. The van der Waals surface area contributed by atoms with Gasteiger partial charge in [-0.15, -0.1) is 11.3 Å². The highest BCUT2D eigenvalue weighted by Gasteiger charge is 2.32. The number of methoxy groups -OCH3 is 1. The van der Waals surface area contributed by atoms with E-state index in [1.165, 1.54) is 30.2 Å².